The van der Waals surface area contributed by atoms with Gasteiger partial charge in [0.1, 0.15) is 11.5 Å². The van der Waals surface area contributed by atoms with Crippen LogP contribution >= 0.6 is 0 Å². The Balaban J connectivity index is 0.000000181. The second kappa shape index (κ2) is 10.9. The van der Waals surface area contributed by atoms with Gasteiger partial charge in [-0.3, -0.25) is 0 Å². The van der Waals surface area contributed by atoms with Crippen molar-refractivity contribution in [3.8, 4) is 11.5 Å². The summed E-state index contributed by atoms with van der Waals surface area (Å²) >= 11 is 0. The van der Waals surface area contributed by atoms with Crippen molar-refractivity contribution in [1.82, 2.24) is 0 Å². The van der Waals surface area contributed by atoms with E-state index in [4.69, 9.17) is 9.84 Å². The lowest BCUT2D eigenvalue weighted by molar-refractivity contribution is 0.414. The number of hydrogen-bond acceptors (Lipinski definition) is 2. The topological polar surface area (TPSA) is 29.5 Å². The molecule has 0 saturated heterocycles. The molecule has 0 saturated carbocycles. The fraction of sp³-hybridized carbons (Fsp3) is 0.182. The van der Waals surface area contributed by atoms with E-state index in [1.54, 1.807) is 19.2 Å². The lowest BCUT2D eigenvalue weighted by Crippen LogP contribution is -1.80. The first kappa shape index (κ1) is 19.3. The Morgan fingerprint density at radius 3 is 1.33 bits per heavy atom. The molecule has 0 fully saturated rings. The van der Waals surface area contributed by atoms with Gasteiger partial charge in [0.25, 0.3) is 0 Å². The third-order valence-corrected chi connectivity index (χ3v) is 3.23. The molecule has 0 atom stereocenters. The summed E-state index contributed by atoms with van der Waals surface area (Å²) in [6, 6.07) is 25.3. The molecule has 126 valence electrons. The maximum absolute atomic E-state index is 8.76. The molecule has 2 heteroatoms. The van der Waals surface area contributed by atoms with E-state index < -0.39 is 0 Å². The Labute approximate surface area is 145 Å². The van der Waals surface area contributed by atoms with Crippen LogP contribution < -0.4 is 4.74 Å². The molecule has 0 aliphatic heterocycles. The maximum Gasteiger partial charge on any atom is 0.118 e. The highest BCUT2D eigenvalue weighted by Gasteiger charge is 1.85. The molecule has 0 unspecified atom stereocenters. The molecule has 2 nitrogen and oxygen atoms in total. The van der Waals surface area contributed by atoms with Gasteiger partial charge in [-0.15, -0.1) is 0 Å². The average Bonchev–Trinajstić information content (AvgIpc) is 2.60. The van der Waals surface area contributed by atoms with Gasteiger partial charge in [0, 0.05) is 0 Å². The van der Waals surface area contributed by atoms with E-state index in [0.29, 0.717) is 5.75 Å². The Hall–Kier alpha value is -2.74. The first-order chi connectivity index (χ1) is 11.5. The number of phenols is 1. The van der Waals surface area contributed by atoms with Crippen LogP contribution in [0.5, 0.6) is 11.5 Å². The standard InChI is InChI=1S/C8H10O.C7H8O.C7H8/c1-7-3-5-8(9-2)6-4-7;1-6-2-4-7(8)5-3-6;1-7-5-3-2-4-6-7/h3-6H,1-2H3;2-5,8H,1H3;2-6H,1H3. The van der Waals surface area contributed by atoms with Crippen LogP contribution in [0.1, 0.15) is 16.7 Å². The smallest absolute Gasteiger partial charge is 0.118 e. The Kier molecular flexibility index (Phi) is 8.77. The van der Waals surface area contributed by atoms with Gasteiger partial charge >= 0.3 is 0 Å². The predicted octanol–water partition coefficient (Wildman–Crippen LogP) is 5.70. The highest BCUT2D eigenvalue weighted by molar-refractivity contribution is 5.26. The van der Waals surface area contributed by atoms with E-state index in [1.807, 2.05) is 61.5 Å². The van der Waals surface area contributed by atoms with Gasteiger partial charge in [0.2, 0.25) is 0 Å². The minimum atomic E-state index is 0.329. The fourth-order valence-corrected chi connectivity index (χ4v) is 1.75. The number of methoxy groups -OCH3 is 1. The van der Waals surface area contributed by atoms with Crippen molar-refractivity contribution in [1.29, 1.82) is 0 Å². The molecule has 0 aliphatic carbocycles. The molecular weight excluding hydrogens is 296 g/mol. The van der Waals surface area contributed by atoms with Crippen molar-refractivity contribution in [3.63, 3.8) is 0 Å². The largest absolute Gasteiger partial charge is 0.508 e. The normalized spacial score (nSPS) is 9.00. The van der Waals surface area contributed by atoms with Crippen LogP contribution in [-0.2, 0) is 0 Å². The predicted molar refractivity (Wildman–Crippen MR) is 102 cm³/mol. The lowest BCUT2D eigenvalue weighted by Gasteiger charge is -1.97. The van der Waals surface area contributed by atoms with Crippen LogP contribution in [-0.4, -0.2) is 12.2 Å². The second-order valence-corrected chi connectivity index (χ2v) is 5.51. The third-order valence-electron chi connectivity index (χ3n) is 3.23. The average molecular weight is 322 g/mol. The van der Waals surface area contributed by atoms with Crippen LogP contribution in [0.4, 0.5) is 0 Å². The molecule has 0 radical (unpaired) electrons. The van der Waals surface area contributed by atoms with E-state index in [9.17, 15) is 0 Å². The van der Waals surface area contributed by atoms with Crippen LogP contribution in [0.25, 0.3) is 0 Å². The number of aryl methyl sites for hydroxylation is 3. The summed E-state index contributed by atoms with van der Waals surface area (Å²) in [5, 5.41) is 8.76. The van der Waals surface area contributed by atoms with E-state index in [2.05, 4.69) is 26.0 Å². The Bertz CT molecular complexity index is 650. The molecule has 0 heterocycles. The summed E-state index contributed by atoms with van der Waals surface area (Å²) in [4.78, 5) is 0. The molecule has 3 aromatic carbocycles. The van der Waals surface area contributed by atoms with Crippen LogP contribution in [0.15, 0.2) is 78.9 Å². The van der Waals surface area contributed by atoms with Crippen molar-refractivity contribution < 1.29 is 9.84 Å². The SMILES string of the molecule is COc1ccc(C)cc1.Cc1ccc(O)cc1.Cc1ccccc1. The quantitative estimate of drug-likeness (QED) is 0.623. The van der Waals surface area contributed by atoms with Crippen LogP contribution in [0, 0.1) is 20.8 Å². The molecular formula is C22H26O2. The lowest BCUT2D eigenvalue weighted by atomic mass is 10.2. The minimum absolute atomic E-state index is 0.329. The molecule has 0 amide bonds. The number of benzene rings is 3. The molecule has 1 N–H and O–H groups in total. The van der Waals surface area contributed by atoms with Gasteiger partial charge in [-0.1, -0.05) is 71.3 Å². The molecule has 0 aromatic heterocycles. The molecule has 24 heavy (non-hydrogen) atoms. The number of rotatable bonds is 1. The number of aromatic hydroxyl groups is 1. The molecule has 3 rings (SSSR count). The van der Waals surface area contributed by atoms with Gasteiger partial charge in [-0.05, 0) is 45.0 Å². The number of phenolic OH excluding ortho intramolecular Hbond substituents is 1. The Morgan fingerprint density at radius 1 is 0.583 bits per heavy atom. The van der Waals surface area contributed by atoms with Crippen molar-refractivity contribution >= 4 is 0 Å². The van der Waals surface area contributed by atoms with E-state index in [0.717, 1.165) is 5.75 Å². The second-order valence-electron chi connectivity index (χ2n) is 5.51. The van der Waals surface area contributed by atoms with Gasteiger partial charge in [0.15, 0.2) is 0 Å². The van der Waals surface area contributed by atoms with Crippen LogP contribution in [0.2, 0.25) is 0 Å². The molecule has 0 spiro atoms. The zero-order valence-electron chi connectivity index (χ0n) is 14.9. The summed E-state index contributed by atoms with van der Waals surface area (Å²) in [7, 11) is 1.67. The first-order valence-corrected chi connectivity index (χ1v) is 7.89. The zero-order valence-corrected chi connectivity index (χ0v) is 14.9. The van der Waals surface area contributed by atoms with Crippen molar-refractivity contribution in [3.05, 3.63) is 95.6 Å². The van der Waals surface area contributed by atoms with Gasteiger partial charge in [-0.2, -0.15) is 0 Å². The van der Waals surface area contributed by atoms with E-state index in [-0.39, 0.29) is 0 Å². The molecule has 0 bridgehead atoms. The van der Waals surface area contributed by atoms with E-state index in [1.165, 1.54) is 16.7 Å². The van der Waals surface area contributed by atoms with Gasteiger partial charge < -0.3 is 9.84 Å². The summed E-state index contributed by atoms with van der Waals surface area (Å²) in [5.74, 6) is 1.25. The van der Waals surface area contributed by atoms with Crippen molar-refractivity contribution in [2.24, 2.45) is 0 Å². The van der Waals surface area contributed by atoms with Crippen molar-refractivity contribution in [2.75, 3.05) is 7.11 Å². The summed E-state index contributed by atoms with van der Waals surface area (Å²) in [5.41, 5.74) is 3.75. The van der Waals surface area contributed by atoms with Crippen LogP contribution in [0.3, 0.4) is 0 Å². The molecule has 3 aromatic rings. The zero-order chi connectivity index (χ0) is 17.8. The number of hydrogen-bond donors (Lipinski definition) is 1. The van der Waals surface area contributed by atoms with E-state index >= 15 is 0 Å². The number of ether oxygens (including phenoxy) is 1. The Morgan fingerprint density at radius 2 is 1.00 bits per heavy atom. The third kappa shape index (κ3) is 8.64. The van der Waals surface area contributed by atoms with Crippen molar-refractivity contribution in [2.45, 2.75) is 20.8 Å². The maximum atomic E-state index is 8.76. The summed E-state index contributed by atoms with van der Waals surface area (Å²) < 4.78 is 4.97. The minimum Gasteiger partial charge on any atom is -0.508 e. The fourth-order valence-electron chi connectivity index (χ4n) is 1.75. The summed E-state index contributed by atoms with van der Waals surface area (Å²) in [6.07, 6.45) is 0. The highest BCUT2D eigenvalue weighted by atomic mass is 16.5. The highest BCUT2D eigenvalue weighted by Crippen LogP contribution is 2.09. The molecule has 0 aliphatic rings. The monoisotopic (exact) mass is 322 g/mol. The van der Waals surface area contributed by atoms with Gasteiger partial charge in [-0.25, -0.2) is 0 Å². The van der Waals surface area contributed by atoms with Gasteiger partial charge in [0.05, 0.1) is 7.11 Å². The summed E-state index contributed by atoms with van der Waals surface area (Å²) in [6.45, 7) is 6.12. The first-order valence-electron chi connectivity index (χ1n) is 7.89.